The van der Waals surface area contributed by atoms with Crippen LogP contribution in [0.4, 0.5) is 0 Å². The highest BCUT2D eigenvalue weighted by Gasteiger charge is 2.23. The number of ether oxygens (including phenoxy) is 2. The summed E-state index contributed by atoms with van der Waals surface area (Å²) in [7, 11) is 1.64. The van der Waals surface area contributed by atoms with E-state index >= 15 is 0 Å². The van der Waals surface area contributed by atoms with E-state index in [2.05, 4.69) is 0 Å². The molecule has 0 radical (unpaired) electrons. The fourth-order valence-electron chi connectivity index (χ4n) is 2.13. The predicted molar refractivity (Wildman–Crippen MR) is 61.5 cm³/mol. The second kappa shape index (κ2) is 5.32. The molecule has 0 aromatic heterocycles. The molecule has 1 aromatic rings. The van der Waals surface area contributed by atoms with E-state index in [-0.39, 0.29) is 0 Å². The van der Waals surface area contributed by atoms with E-state index in [9.17, 15) is 5.11 Å². The highest BCUT2D eigenvalue weighted by molar-refractivity contribution is 5.30. The molecule has 1 heterocycles. The molecule has 0 aliphatic carbocycles. The zero-order valence-electron chi connectivity index (χ0n) is 9.56. The normalized spacial score (nSPS) is 19.4. The first-order valence-corrected chi connectivity index (χ1v) is 5.71. The van der Waals surface area contributed by atoms with Crippen molar-refractivity contribution in [2.45, 2.75) is 18.9 Å². The third-order valence-electron chi connectivity index (χ3n) is 3.15. The van der Waals surface area contributed by atoms with Gasteiger partial charge in [0.25, 0.3) is 0 Å². The first kappa shape index (κ1) is 11.4. The quantitative estimate of drug-likeness (QED) is 0.851. The zero-order chi connectivity index (χ0) is 11.4. The van der Waals surface area contributed by atoms with Gasteiger partial charge in [0.2, 0.25) is 0 Å². The maximum Gasteiger partial charge on any atom is 0.119 e. The Morgan fingerprint density at radius 3 is 2.81 bits per heavy atom. The number of hydrogen-bond acceptors (Lipinski definition) is 3. The molecule has 0 bridgehead atoms. The Hall–Kier alpha value is -1.06. The van der Waals surface area contributed by atoms with Crippen molar-refractivity contribution in [3.63, 3.8) is 0 Å². The maximum atomic E-state index is 10.3. The number of hydrogen-bond donors (Lipinski definition) is 1. The van der Waals surface area contributed by atoms with Crippen molar-refractivity contribution in [3.05, 3.63) is 29.8 Å². The van der Waals surface area contributed by atoms with Gasteiger partial charge in [0.15, 0.2) is 0 Å². The lowest BCUT2D eigenvalue weighted by atomic mass is 9.89. The van der Waals surface area contributed by atoms with Crippen LogP contribution in [0.25, 0.3) is 0 Å². The molecule has 2 rings (SSSR count). The lowest BCUT2D eigenvalue weighted by Gasteiger charge is -2.27. The van der Waals surface area contributed by atoms with Gasteiger partial charge in [0.1, 0.15) is 5.75 Å². The predicted octanol–water partition coefficient (Wildman–Crippen LogP) is 2.16. The molecule has 1 fully saturated rings. The number of rotatable bonds is 3. The van der Waals surface area contributed by atoms with Crippen LogP contribution in [0.3, 0.4) is 0 Å². The summed E-state index contributed by atoms with van der Waals surface area (Å²) in [5, 5.41) is 10.3. The van der Waals surface area contributed by atoms with Gasteiger partial charge in [0.05, 0.1) is 13.2 Å². The monoisotopic (exact) mass is 222 g/mol. The molecular formula is C13H18O3. The highest BCUT2D eigenvalue weighted by atomic mass is 16.5. The van der Waals surface area contributed by atoms with E-state index in [0.717, 1.165) is 37.4 Å². The fraction of sp³-hybridized carbons (Fsp3) is 0.538. The van der Waals surface area contributed by atoms with Gasteiger partial charge in [-0.1, -0.05) is 12.1 Å². The number of methoxy groups -OCH3 is 1. The van der Waals surface area contributed by atoms with Crippen LogP contribution in [0.5, 0.6) is 5.75 Å². The van der Waals surface area contributed by atoms with Crippen molar-refractivity contribution in [2.24, 2.45) is 5.92 Å². The van der Waals surface area contributed by atoms with Gasteiger partial charge in [-0.15, -0.1) is 0 Å². The Morgan fingerprint density at radius 1 is 1.38 bits per heavy atom. The molecule has 1 atom stereocenters. The van der Waals surface area contributed by atoms with Crippen LogP contribution in [-0.2, 0) is 4.74 Å². The molecule has 0 amide bonds. The van der Waals surface area contributed by atoms with E-state index in [4.69, 9.17) is 9.47 Å². The molecule has 88 valence electrons. The molecule has 1 N–H and O–H groups in total. The van der Waals surface area contributed by atoms with Crippen LogP contribution >= 0.6 is 0 Å². The van der Waals surface area contributed by atoms with Gasteiger partial charge in [0, 0.05) is 13.2 Å². The third kappa shape index (κ3) is 2.54. The Balaban J connectivity index is 2.09. The molecule has 0 spiro atoms. The van der Waals surface area contributed by atoms with Gasteiger partial charge < -0.3 is 14.6 Å². The van der Waals surface area contributed by atoms with Crippen LogP contribution in [0.2, 0.25) is 0 Å². The molecule has 3 nitrogen and oxygen atoms in total. The Labute approximate surface area is 96.0 Å². The van der Waals surface area contributed by atoms with Gasteiger partial charge >= 0.3 is 0 Å². The first-order valence-electron chi connectivity index (χ1n) is 5.71. The van der Waals surface area contributed by atoms with E-state index in [1.54, 1.807) is 7.11 Å². The van der Waals surface area contributed by atoms with Crippen LogP contribution in [0.1, 0.15) is 24.5 Å². The largest absolute Gasteiger partial charge is 0.497 e. The minimum Gasteiger partial charge on any atom is -0.497 e. The van der Waals surface area contributed by atoms with Crippen LogP contribution in [0, 0.1) is 5.92 Å². The second-order valence-electron chi connectivity index (χ2n) is 4.17. The topological polar surface area (TPSA) is 38.7 Å². The Kier molecular flexibility index (Phi) is 3.80. The van der Waals surface area contributed by atoms with Crippen molar-refractivity contribution in [2.75, 3.05) is 20.3 Å². The summed E-state index contributed by atoms with van der Waals surface area (Å²) < 4.78 is 10.5. The molecule has 3 heteroatoms. The van der Waals surface area contributed by atoms with Gasteiger partial charge in [-0.05, 0) is 36.5 Å². The van der Waals surface area contributed by atoms with E-state index in [1.165, 1.54) is 0 Å². The van der Waals surface area contributed by atoms with Crippen molar-refractivity contribution < 1.29 is 14.6 Å². The molecule has 0 saturated carbocycles. The van der Waals surface area contributed by atoms with Crippen LogP contribution in [0.15, 0.2) is 24.3 Å². The third-order valence-corrected chi connectivity index (χ3v) is 3.15. The van der Waals surface area contributed by atoms with Crippen molar-refractivity contribution in [1.82, 2.24) is 0 Å². The van der Waals surface area contributed by atoms with Gasteiger partial charge in [-0.2, -0.15) is 0 Å². The fourth-order valence-corrected chi connectivity index (χ4v) is 2.13. The molecule has 1 unspecified atom stereocenters. The highest BCUT2D eigenvalue weighted by Crippen LogP contribution is 2.31. The van der Waals surface area contributed by atoms with Crippen LogP contribution in [-0.4, -0.2) is 25.4 Å². The molecular weight excluding hydrogens is 204 g/mol. The summed E-state index contributed by atoms with van der Waals surface area (Å²) in [5.41, 5.74) is 0.936. The molecule has 16 heavy (non-hydrogen) atoms. The van der Waals surface area contributed by atoms with Gasteiger partial charge in [-0.25, -0.2) is 0 Å². The van der Waals surface area contributed by atoms with E-state index in [1.807, 2.05) is 24.3 Å². The number of aliphatic hydroxyl groups is 1. The van der Waals surface area contributed by atoms with Gasteiger partial charge in [-0.3, -0.25) is 0 Å². The van der Waals surface area contributed by atoms with Crippen LogP contribution < -0.4 is 4.74 Å². The van der Waals surface area contributed by atoms with E-state index < -0.39 is 6.10 Å². The maximum absolute atomic E-state index is 10.3. The average molecular weight is 222 g/mol. The molecule has 1 saturated heterocycles. The minimum atomic E-state index is -0.404. The summed E-state index contributed by atoms with van der Waals surface area (Å²) in [5.74, 6) is 1.10. The van der Waals surface area contributed by atoms with E-state index in [0.29, 0.717) is 5.92 Å². The smallest absolute Gasteiger partial charge is 0.119 e. The second-order valence-corrected chi connectivity index (χ2v) is 4.17. The zero-order valence-corrected chi connectivity index (χ0v) is 9.56. The summed E-state index contributed by atoms with van der Waals surface area (Å²) in [6.45, 7) is 1.51. The number of benzene rings is 1. The minimum absolute atomic E-state index is 0.306. The Bertz CT molecular complexity index is 332. The number of aliphatic hydroxyl groups excluding tert-OH is 1. The summed E-state index contributed by atoms with van der Waals surface area (Å²) >= 11 is 0. The summed E-state index contributed by atoms with van der Waals surface area (Å²) in [6.07, 6.45) is 1.45. The Morgan fingerprint density at radius 2 is 2.12 bits per heavy atom. The summed E-state index contributed by atoms with van der Waals surface area (Å²) in [4.78, 5) is 0. The summed E-state index contributed by atoms with van der Waals surface area (Å²) in [6, 6.07) is 7.65. The lowest BCUT2D eigenvalue weighted by molar-refractivity contribution is 0.00712. The SMILES string of the molecule is COc1cccc(C(O)C2CCOCC2)c1. The van der Waals surface area contributed by atoms with Crippen molar-refractivity contribution in [3.8, 4) is 5.75 Å². The molecule has 1 aromatic carbocycles. The molecule has 1 aliphatic rings. The lowest BCUT2D eigenvalue weighted by Crippen LogP contribution is -2.21. The first-order chi connectivity index (χ1) is 7.81. The van der Waals surface area contributed by atoms with Crippen molar-refractivity contribution in [1.29, 1.82) is 0 Å². The standard InChI is InChI=1S/C13H18O3/c1-15-12-4-2-3-11(9-12)13(14)10-5-7-16-8-6-10/h2-4,9-10,13-14H,5-8H2,1H3. The average Bonchev–Trinajstić information content (AvgIpc) is 2.39. The molecule has 1 aliphatic heterocycles. The van der Waals surface area contributed by atoms with Crippen molar-refractivity contribution >= 4 is 0 Å².